The average molecular weight is 509 g/mol. The van der Waals surface area contributed by atoms with E-state index in [2.05, 4.69) is 22.0 Å². The lowest BCUT2D eigenvalue weighted by atomic mass is 9.84. The SMILES string of the molecule is CC[C@@H]1CCC[C@H](C2(Cc3noc(CN4CCOCC4)n3)CC2)N1S(=O)(=O)c1ccc(Cl)cc1. The molecule has 0 unspecified atom stereocenters. The summed E-state index contributed by atoms with van der Waals surface area (Å²) in [6.07, 6.45) is 6.19. The number of ether oxygens (including phenoxy) is 1. The Labute approximate surface area is 206 Å². The zero-order valence-corrected chi connectivity index (χ0v) is 21.2. The molecule has 1 aromatic heterocycles. The number of morpholine rings is 1. The fraction of sp³-hybridized carbons (Fsp3) is 0.667. The Morgan fingerprint density at radius 1 is 1.15 bits per heavy atom. The summed E-state index contributed by atoms with van der Waals surface area (Å²) >= 11 is 6.03. The first-order chi connectivity index (χ1) is 16.4. The van der Waals surface area contributed by atoms with E-state index in [-0.39, 0.29) is 17.5 Å². The summed E-state index contributed by atoms with van der Waals surface area (Å²) in [6, 6.07) is 6.47. The number of benzene rings is 1. The van der Waals surface area contributed by atoms with Crippen LogP contribution in [0, 0.1) is 5.41 Å². The minimum Gasteiger partial charge on any atom is -0.379 e. The lowest BCUT2D eigenvalue weighted by Gasteiger charge is -2.44. The average Bonchev–Trinajstić information content (AvgIpc) is 3.50. The van der Waals surface area contributed by atoms with Crippen LogP contribution in [-0.2, 0) is 27.7 Å². The van der Waals surface area contributed by atoms with Gasteiger partial charge in [0.25, 0.3) is 0 Å². The highest BCUT2D eigenvalue weighted by Gasteiger charge is 2.56. The van der Waals surface area contributed by atoms with Crippen molar-refractivity contribution in [2.75, 3.05) is 26.3 Å². The van der Waals surface area contributed by atoms with Gasteiger partial charge in [0.05, 0.1) is 24.7 Å². The van der Waals surface area contributed by atoms with Crippen LogP contribution in [0.25, 0.3) is 0 Å². The third-order valence-corrected chi connectivity index (χ3v) is 9.85. The van der Waals surface area contributed by atoms with Gasteiger partial charge in [-0.25, -0.2) is 8.42 Å². The number of hydrogen-bond donors (Lipinski definition) is 0. The van der Waals surface area contributed by atoms with Gasteiger partial charge in [-0.15, -0.1) is 0 Å². The van der Waals surface area contributed by atoms with Crippen LogP contribution in [0.3, 0.4) is 0 Å². The first-order valence-electron chi connectivity index (χ1n) is 12.3. The Kier molecular flexibility index (Phi) is 7.01. The van der Waals surface area contributed by atoms with Crippen LogP contribution in [-0.4, -0.2) is 66.2 Å². The molecule has 34 heavy (non-hydrogen) atoms. The number of sulfonamides is 1. The molecule has 8 nitrogen and oxygen atoms in total. The van der Waals surface area contributed by atoms with Crippen molar-refractivity contribution in [2.45, 2.75) is 75.4 Å². The number of halogens is 1. The Balaban J connectivity index is 1.37. The van der Waals surface area contributed by atoms with Crippen LogP contribution in [0.1, 0.15) is 57.2 Å². The molecular formula is C24H33ClN4O4S. The van der Waals surface area contributed by atoms with E-state index in [1.165, 1.54) is 0 Å². The highest BCUT2D eigenvalue weighted by atomic mass is 35.5. The van der Waals surface area contributed by atoms with Crippen molar-refractivity contribution in [2.24, 2.45) is 5.41 Å². The fourth-order valence-corrected chi connectivity index (χ4v) is 7.75. The number of aromatic nitrogens is 2. The summed E-state index contributed by atoms with van der Waals surface area (Å²) in [7, 11) is -3.65. The van der Waals surface area contributed by atoms with E-state index >= 15 is 0 Å². The molecule has 0 spiro atoms. The Morgan fingerprint density at radius 2 is 1.88 bits per heavy atom. The number of rotatable bonds is 8. The molecule has 2 aromatic rings. The summed E-state index contributed by atoms with van der Waals surface area (Å²) in [5.41, 5.74) is -0.132. The highest BCUT2D eigenvalue weighted by Crippen LogP contribution is 2.56. The molecule has 0 N–H and O–H groups in total. The molecule has 1 aromatic carbocycles. The molecule has 0 amide bonds. The van der Waals surface area contributed by atoms with Crippen LogP contribution in [0.15, 0.2) is 33.7 Å². The summed E-state index contributed by atoms with van der Waals surface area (Å²) in [5, 5.41) is 4.80. The quantitative estimate of drug-likeness (QED) is 0.534. The Bertz CT molecular complexity index is 1080. The van der Waals surface area contributed by atoms with Gasteiger partial charge in [-0.1, -0.05) is 30.1 Å². The van der Waals surface area contributed by atoms with E-state index in [1.807, 2.05) is 4.31 Å². The molecule has 1 aliphatic carbocycles. The van der Waals surface area contributed by atoms with E-state index in [9.17, 15) is 8.42 Å². The molecule has 3 heterocycles. The van der Waals surface area contributed by atoms with E-state index in [1.54, 1.807) is 24.3 Å². The maximum Gasteiger partial charge on any atom is 0.243 e. The monoisotopic (exact) mass is 508 g/mol. The molecule has 3 fully saturated rings. The minimum atomic E-state index is -3.65. The summed E-state index contributed by atoms with van der Waals surface area (Å²) < 4.78 is 40.5. The van der Waals surface area contributed by atoms with Crippen LogP contribution >= 0.6 is 11.6 Å². The molecule has 2 saturated heterocycles. The van der Waals surface area contributed by atoms with E-state index in [0.717, 1.165) is 64.8 Å². The van der Waals surface area contributed by atoms with E-state index < -0.39 is 10.0 Å². The first-order valence-corrected chi connectivity index (χ1v) is 14.1. The van der Waals surface area contributed by atoms with Crippen molar-refractivity contribution in [3.8, 4) is 0 Å². The van der Waals surface area contributed by atoms with Gasteiger partial charge in [0, 0.05) is 36.6 Å². The Morgan fingerprint density at radius 3 is 2.56 bits per heavy atom. The third-order valence-electron chi connectivity index (χ3n) is 7.62. The predicted octanol–water partition coefficient (Wildman–Crippen LogP) is 3.90. The van der Waals surface area contributed by atoms with Crippen LogP contribution in [0.4, 0.5) is 0 Å². The van der Waals surface area contributed by atoms with Gasteiger partial charge in [-0.3, -0.25) is 4.90 Å². The first kappa shape index (κ1) is 24.2. The van der Waals surface area contributed by atoms with Gasteiger partial charge < -0.3 is 9.26 Å². The van der Waals surface area contributed by atoms with Crippen LogP contribution in [0.2, 0.25) is 5.02 Å². The van der Waals surface area contributed by atoms with Crippen molar-refractivity contribution in [1.82, 2.24) is 19.3 Å². The zero-order valence-electron chi connectivity index (χ0n) is 19.7. The fourth-order valence-electron chi connectivity index (χ4n) is 5.59. The molecule has 2 aliphatic heterocycles. The molecule has 2 atom stereocenters. The third kappa shape index (κ3) is 4.91. The van der Waals surface area contributed by atoms with Crippen molar-refractivity contribution in [3.63, 3.8) is 0 Å². The van der Waals surface area contributed by atoms with E-state index in [0.29, 0.717) is 34.6 Å². The minimum absolute atomic E-state index is 0.000877. The summed E-state index contributed by atoms with van der Waals surface area (Å²) in [5.74, 6) is 1.30. The second kappa shape index (κ2) is 9.85. The number of nitrogens with zero attached hydrogens (tertiary/aromatic N) is 4. The van der Waals surface area contributed by atoms with Gasteiger partial charge in [0.1, 0.15) is 0 Å². The van der Waals surface area contributed by atoms with Gasteiger partial charge in [0.2, 0.25) is 15.9 Å². The maximum atomic E-state index is 13.8. The maximum absolute atomic E-state index is 13.8. The molecule has 5 rings (SSSR count). The smallest absolute Gasteiger partial charge is 0.243 e. The van der Waals surface area contributed by atoms with Gasteiger partial charge in [-0.2, -0.15) is 9.29 Å². The second-order valence-corrected chi connectivity index (χ2v) is 12.1. The molecule has 10 heteroatoms. The molecular weight excluding hydrogens is 476 g/mol. The standard InChI is InChI=1S/C24H33ClN4O4S/c1-2-19-4-3-5-21(29(19)34(30,31)20-8-6-18(25)7-9-20)24(10-11-24)16-22-26-23(33-27-22)17-28-12-14-32-15-13-28/h6-9,19,21H,2-5,10-17H2,1H3/t19-,21-/m1/s1. The largest absolute Gasteiger partial charge is 0.379 e. The molecule has 1 saturated carbocycles. The van der Waals surface area contributed by atoms with Crippen molar-refractivity contribution < 1.29 is 17.7 Å². The van der Waals surface area contributed by atoms with Crippen molar-refractivity contribution in [3.05, 3.63) is 41.0 Å². The zero-order chi connectivity index (χ0) is 23.8. The highest BCUT2D eigenvalue weighted by molar-refractivity contribution is 7.89. The second-order valence-electron chi connectivity index (χ2n) is 9.83. The van der Waals surface area contributed by atoms with Crippen LogP contribution < -0.4 is 0 Å². The van der Waals surface area contributed by atoms with Gasteiger partial charge in [-0.05, 0) is 61.8 Å². The van der Waals surface area contributed by atoms with Gasteiger partial charge in [0.15, 0.2) is 5.82 Å². The lowest BCUT2D eigenvalue weighted by Crippen LogP contribution is -2.53. The normalized spacial score (nSPS) is 25.9. The summed E-state index contributed by atoms with van der Waals surface area (Å²) in [4.78, 5) is 7.24. The topological polar surface area (TPSA) is 88.8 Å². The van der Waals surface area contributed by atoms with E-state index in [4.69, 9.17) is 20.9 Å². The number of hydrogen-bond acceptors (Lipinski definition) is 7. The molecule has 186 valence electrons. The van der Waals surface area contributed by atoms with Crippen LogP contribution in [0.5, 0.6) is 0 Å². The molecule has 0 radical (unpaired) electrons. The van der Waals surface area contributed by atoms with Gasteiger partial charge >= 0.3 is 0 Å². The van der Waals surface area contributed by atoms with Crippen molar-refractivity contribution in [1.29, 1.82) is 0 Å². The molecule has 3 aliphatic rings. The van der Waals surface area contributed by atoms with Crippen molar-refractivity contribution >= 4 is 21.6 Å². The number of piperidine rings is 1. The summed E-state index contributed by atoms with van der Waals surface area (Å²) in [6.45, 7) is 5.87. The lowest BCUT2D eigenvalue weighted by molar-refractivity contribution is 0.0297. The molecule has 0 bridgehead atoms. The Hall–Kier alpha value is -1.52. The predicted molar refractivity (Wildman–Crippen MR) is 128 cm³/mol.